The molecule has 0 aliphatic rings. The highest BCUT2D eigenvalue weighted by Crippen LogP contribution is 2.31. The third-order valence-electron chi connectivity index (χ3n) is 6.27. The molecule has 0 bridgehead atoms. The van der Waals surface area contributed by atoms with Crippen molar-refractivity contribution in [3.05, 3.63) is 88.3 Å². The number of hydrogen-bond donors (Lipinski definition) is 1. The van der Waals surface area contributed by atoms with Gasteiger partial charge in [0.05, 0.1) is 21.9 Å². The molecular weight excluding hydrogens is 503 g/mol. The van der Waals surface area contributed by atoms with E-state index in [0.717, 1.165) is 28.2 Å². The van der Waals surface area contributed by atoms with Crippen LogP contribution in [-0.2, 0) is 6.61 Å². The SMILES string of the molecule is Cc1cnc(COc2ccc(Nc3nccc(-c4cc(F)c5nc(C)n(C(C)C)c5c4)n3)cc2Cl)c(C)c1. The number of anilines is 2. The van der Waals surface area contributed by atoms with Crippen molar-refractivity contribution in [3.63, 3.8) is 0 Å². The summed E-state index contributed by atoms with van der Waals surface area (Å²) in [6.07, 6.45) is 3.45. The van der Waals surface area contributed by atoms with Crippen LogP contribution in [0.15, 0.2) is 54.9 Å². The summed E-state index contributed by atoms with van der Waals surface area (Å²) in [5.41, 5.74) is 6.05. The Bertz CT molecular complexity index is 1650. The van der Waals surface area contributed by atoms with E-state index in [0.29, 0.717) is 45.8 Å². The molecule has 0 radical (unpaired) electrons. The number of nitrogens with one attached hydrogen (secondary N) is 1. The van der Waals surface area contributed by atoms with Crippen LogP contribution >= 0.6 is 11.6 Å². The molecule has 0 aliphatic heterocycles. The predicted molar refractivity (Wildman–Crippen MR) is 149 cm³/mol. The third kappa shape index (κ3) is 5.17. The van der Waals surface area contributed by atoms with E-state index in [1.807, 2.05) is 57.5 Å². The molecule has 3 aromatic heterocycles. The molecule has 0 amide bonds. The summed E-state index contributed by atoms with van der Waals surface area (Å²) >= 11 is 6.49. The van der Waals surface area contributed by atoms with Crippen molar-refractivity contribution in [2.45, 2.75) is 47.3 Å². The summed E-state index contributed by atoms with van der Waals surface area (Å²) in [5.74, 6) is 1.30. The van der Waals surface area contributed by atoms with Crippen LogP contribution in [0.3, 0.4) is 0 Å². The standard InChI is InChI=1S/C29H28ClFN6O/c1-16(2)37-19(5)34-28-23(31)11-20(12-26(28)37)24-8-9-32-29(36-24)35-21-6-7-27(22(30)13-21)38-15-25-18(4)10-17(3)14-33-25/h6-14,16H,15H2,1-5H3,(H,32,35,36). The number of imidazole rings is 1. The first-order valence-corrected chi connectivity index (χ1v) is 12.7. The summed E-state index contributed by atoms with van der Waals surface area (Å²) in [6, 6.07) is 12.7. The van der Waals surface area contributed by atoms with Gasteiger partial charge in [0.1, 0.15) is 23.7 Å². The summed E-state index contributed by atoms with van der Waals surface area (Å²) < 4.78 is 22.9. The van der Waals surface area contributed by atoms with Crippen LogP contribution in [0.4, 0.5) is 16.0 Å². The van der Waals surface area contributed by atoms with Crippen LogP contribution in [0.5, 0.6) is 5.75 Å². The molecule has 5 rings (SSSR count). The number of aryl methyl sites for hydroxylation is 3. The van der Waals surface area contributed by atoms with Crippen molar-refractivity contribution in [1.82, 2.24) is 24.5 Å². The van der Waals surface area contributed by atoms with Gasteiger partial charge in [-0.2, -0.15) is 0 Å². The zero-order chi connectivity index (χ0) is 27.0. The van der Waals surface area contributed by atoms with Gasteiger partial charge in [-0.1, -0.05) is 17.7 Å². The number of pyridine rings is 1. The average Bonchev–Trinajstić information content (AvgIpc) is 3.21. The molecule has 2 aromatic carbocycles. The minimum atomic E-state index is -0.383. The summed E-state index contributed by atoms with van der Waals surface area (Å²) in [5, 5.41) is 3.62. The van der Waals surface area contributed by atoms with Gasteiger partial charge in [-0.3, -0.25) is 4.98 Å². The van der Waals surface area contributed by atoms with E-state index in [1.54, 1.807) is 24.4 Å². The van der Waals surface area contributed by atoms with Crippen molar-refractivity contribution in [1.29, 1.82) is 0 Å². The van der Waals surface area contributed by atoms with Crippen LogP contribution in [0.25, 0.3) is 22.3 Å². The fourth-order valence-electron chi connectivity index (χ4n) is 4.51. The minimum absolute atomic E-state index is 0.145. The maximum atomic E-state index is 15.0. The molecule has 38 heavy (non-hydrogen) atoms. The van der Waals surface area contributed by atoms with Crippen molar-refractivity contribution < 1.29 is 9.13 Å². The van der Waals surface area contributed by atoms with E-state index in [4.69, 9.17) is 16.3 Å². The van der Waals surface area contributed by atoms with Gasteiger partial charge in [0.15, 0.2) is 5.82 Å². The highest BCUT2D eigenvalue weighted by molar-refractivity contribution is 6.32. The molecule has 9 heteroatoms. The number of aromatic nitrogens is 5. The Hall–Kier alpha value is -4.04. The van der Waals surface area contributed by atoms with Crippen LogP contribution in [-0.4, -0.2) is 24.5 Å². The number of nitrogens with zero attached hydrogens (tertiary/aromatic N) is 5. The van der Waals surface area contributed by atoms with Gasteiger partial charge in [-0.25, -0.2) is 19.3 Å². The van der Waals surface area contributed by atoms with Crippen LogP contribution < -0.4 is 10.1 Å². The normalized spacial score (nSPS) is 11.4. The first kappa shape index (κ1) is 25.6. The molecular formula is C29H28ClFN6O. The van der Waals surface area contributed by atoms with Gasteiger partial charge >= 0.3 is 0 Å². The van der Waals surface area contributed by atoms with E-state index >= 15 is 0 Å². The van der Waals surface area contributed by atoms with Gasteiger partial charge in [0, 0.05) is 29.7 Å². The zero-order valence-corrected chi connectivity index (χ0v) is 22.6. The quantitative estimate of drug-likeness (QED) is 0.234. The molecule has 3 heterocycles. The van der Waals surface area contributed by atoms with E-state index in [2.05, 4.69) is 31.3 Å². The van der Waals surface area contributed by atoms with Gasteiger partial charge < -0.3 is 14.6 Å². The van der Waals surface area contributed by atoms with Crippen molar-refractivity contribution in [2.75, 3.05) is 5.32 Å². The molecule has 1 N–H and O–H groups in total. The summed E-state index contributed by atoms with van der Waals surface area (Å²) in [6.45, 7) is 10.3. The predicted octanol–water partition coefficient (Wildman–Crippen LogP) is 7.51. The highest BCUT2D eigenvalue weighted by atomic mass is 35.5. The summed E-state index contributed by atoms with van der Waals surface area (Å²) in [4.78, 5) is 17.8. The fourth-order valence-corrected chi connectivity index (χ4v) is 4.75. The fraction of sp³-hybridized carbons (Fsp3) is 0.241. The Labute approximate surface area is 225 Å². The Kier molecular flexibility index (Phi) is 6.99. The van der Waals surface area contributed by atoms with E-state index in [9.17, 15) is 4.39 Å². The van der Waals surface area contributed by atoms with Crippen LogP contribution in [0.2, 0.25) is 5.02 Å². The second-order valence-corrected chi connectivity index (χ2v) is 9.96. The molecule has 0 atom stereocenters. The highest BCUT2D eigenvalue weighted by Gasteiger charge is 2.16. The number of benzene rings is 2. The lowest BCUT2D eigenvalue weighted by Crippen LogP contribution is -2.03. The molecule has 0 aliphatic carbocycles. The number of rotatable bonds is 7. The Morgan fingerprint density at radius 3 is 2.58 bits per heavy atom. The van der Waals surface area contributed by atoms with Gasteiger partial charge in [-0.15, -0.1) is 0 Å². The number of halogens is 2. The van der Waals surface area contributed by atoms with Gasteiger partial charge in [0.25, 0.3) is 0 Å². The molecule has 7 nitrogen and oxygen atoms in total. The Balaban J connectivity index is 1.36. The molecule has 0 unspecified atom stereocenters. The maximum Gasteiger partial charge on any atom is 0.227 e. The molecule has 0 saturated heterocycles. The monoisotopic (exact) mass is 530 g/mol. The molecule has 0 spiro atoms. The average molecular weight is 531 g/mol. The maximum absolute atomic E-state index is 15.0. The van der Waals surface area contributed by atoms with Crippen molar-refractivity contribution >= 4 is 34.3 Å². The lowest BCUT2D eigenvalue weighted by Gasteiger charge is -2.12. The van der Waals surface area contributed by atoms with Crippen LogP contribution in [0.1, 0.15) is 42.5 Å². The van der Waals surface area contributed by atoms with E-state index < -0.39 is 0 Å². The Morgan fingerprint density at radius 2 is 1.84 bits per heavy atom. The Morgan fingerprint density at radius 1 is 1.03 bits per heavy atom. The largest absolute Gasteiger partial charge is 0.486 e. The van der Waals surface area contributed by atoms with Crippen molar-refractivity contribution in [3.8, 4) is 17.0 Å². The lowest BCUT2D eigenvalue weighted by atomic mass is 10.1. The van der Waals surface area contributed by atoms with E-state index in [-0.39, 0.29) is 11.9 Å². The van der Waals surface area contributed by atoms with Gasteiger partial charge in [-0.05, 0) is 82.1 Å². The number of ether oxygens (including phenoxy) is 1. The van der Waals surface area contributed by atoms with Crippen LogP contribution in [0, 0.1) is 26.6 Å². The molecule has 0 fully saturated rings. The summed E-state index contributed by atoms with van der Waals surface area (Å²) in [7, 11) is 0. The van der Waals surface area contributed by atoms with Gasteiger partial charge in [0.2, 0.25) is 5.95 Å². The second kappa shape index (κ2) is 10.4. The lowest BCUT2D eigenvalue weighted by molar-refractivity contribution is 0.300. The second-order valence-electron chi connectivity index (χ2n) is 9.55. The smallest absolute Gasteiger partial charge is 0.227 e. The first-order chi connectivity index (χ1) is 18.2. The molecule has 0 saturated carbocycles. The van der Waals surface area contributed by atoms with Crippen molar-refractivity contribution in [2.24, 2.45) is 0 Å². The zero-order valence-electron chi connectivity index (χ0n) is 21.9. The topological polar surface area (TPSA) is 77.8 Å². The number of fused-ring (bicyclic) bond motifs is 1. The third-order valence-corrected chi connectivity index (χ3v) is 6.56. The van der Waals surface area contributed by atoms with E-state index in [1.165, 1.54) is 6.07 Å². The minimum Gasteiger partial charge on any atom is -0.486 e. The molecule has 194 valence electrons. The first-order valence-electron chi connectivity index (χ1n) is 12.3. The molecule has 5 aromatic rings. The number of hydrogen-bond acceptors (Lipinski definition) is 6.